The number of aryl methyl sites for hydroxylation is 1. The third-order valence-corrected chi connectivity index (χ3v) is 2.27. The maximum atomic E-state index is 11.1. The van der Waals surface area contributed by atoms with E-state index in [2.05, 4.69) is 5.32 Å². The van der Waals surface area contributed by atoms with Gasteiger partial charge >= 0.3 is 0 Å². The van der Waals surface area contributed by atoms with E-state index in [-0.39, 0.29) is 17.9 Å². The molecule has 1 heterocycles. The fraction of sp³-hybridized carbons (Fsp3) is 0.545. The Balaban J connectivity index is 2.50. The summed E-state index contributed by atoms with van der Waals surface area (Å²) in [6.45, 7) is 6.32. The van der Waals surface area contributed by atoms with Crippen molar-refractivity contribution in [3.8, 4) is 0 Å². The summed E-state index contributed by atoms with van der Waals surface area (Å²) in [6.07, 6.45) is 0. The predicted octanol–water partition coefficient (Wildman–Crippen LogP) is 1.19. The van der Waals surface area contributed by atoms with E-state index in [1.165, 1.54) is 0 Å². The van der Waals surface area contributed by atoms with E-state index in [9.17, 15) is 4.79 Å². The number of primary amides is 1. The van der Waals surface area contributed by atoms with Crippen LogP contribution in [-0.2, 0) is 11.3 Å². The second-order valence-electron chi connectivity index (χ2n) is 4.02. The van der Waals surface area contributed by atoms with Crippen LogP contribution >= 0.6 is 0 Å². The van der Waals surface area contributed by atoms with E-state index in [0.717, 1.165) is 11.5 Å². The van der Waals surface area contributed by atoms with Crippen molar-refractivity contribution in [3.05, 3.63) is 23.7 Å². The van der Waals surface area contributed by atoms with Crippen LogP contribution in [-0.4, -0.2) is 11.9 Å². The molecule has 1 aromatic rings. The number of carbonyl (C=O) groups is 1. The van der Waals surface area contributed by atoms with E-state index in [1.54, 1.807) is 0 Å². The van der Waals surface area contributed by atoms with Gasteiger partial charge in [-0.25, -0.2) is 0 Å². The number of hydrogen-bond acceptors (Lipinski definition) is 3. The number of rotatable bonds is 5. The molecule has 0 saturated heterocycles. The lowest BCUT2D eigenvalue weighted by atomic mass is 10.0. The smallest absolute Gasteiger partial charge is 0.234 e. The van der Waals surface area contributed by atoms with E-state index in [4.69, 9.17) is 10.2 Å². The van der Waals surface area contributed by atoms with E-state index >= 15 is 0 Å². The molecular formula is C11H18N2O2. The first-order chi connectivity index (χ1) is 7.00. The second kappa shape index (κ2) is 4.98. The molecule has 0 spiro atoms. The Morgan fingerprint density at radius 1 is 1.53 bits per heavy atom. The lowest BCUT2D eigenvalue weighted by Crippen LogP contribution is -2.44. The second-order valence-corrected chi connectivity index (χ2v) is 4.02. The summed E-state index contributed by atoms with van der Waals surface area (Å²) in [6, 6.07) is 3.47. The van der Waals surface area contributed by atoms with Crippen LogP contribution in [0.15, 0.2) is 16.5 Å². The van der Waals surface area contributed by atoms with E-state index in [1.807, 2.05) is 32.9 Å². The molecule has 15 heavy (non-hydrogen) atoms. The van der Waals surface area contributed by atoms with Gasteiger partial charge in [0.1, 0.15) is 11.5 Å². The highest BCUT2D eigenvalue weighted by Crippen LogP contribution is 2.07. The highest BCUT2D eigenvalue weighted by molar-refractivity contribution is 5.80. The minimum absolute atomic E-state index is 0.179. The standard InChI is InChI=1S/C11H18N2O2/c1-7(2)10(11(12)14)13-6-9-5-4-8(3)15-9/h4-5,7,10,13H,6H2,1-3H3,(H2,12,14). The molecule has 0 aliphatic heterocycles. The molecule has 1 amide bonds. The molecule has 1 rings (SSSR count). The maximum Gasteiger partial charge on any atom is 0.234 e. The first-order valence-electron chi connectivity index (χ1n) is 5.08. The van der Waals surface area contributed by atoms with Crippen molar-refractivity contribution in [1.82, 2.24) is 5.32 Å². The Kier molecular flexibility index (Phi) is 3.91. The Labute approximate surface area is 89.8 Å². The van der Waals surface area contributed by atoms with Gasteiger partial charge in [0.15, 0.2) is 0 Å². The van der Waals surface area contributed by atoms with Gasteiger partial charge < -0.3 is 10.2 Å². The van der Waals surface area contributed by atoms with Gasteiger partial charge in [0, 0.05) is 0 Å². The Morgan fingerprint density at radius 3 is 2.60 bits per heavy atom. The highest BCUT2D eigenvalue weighted by Gasteiger charge is 2.18. The van der Waals surface area contributed by atoms with Crippen LogP contribution in [0.4, 0.5) is 0 Å². The molecular weight excluding hydrogens is 192 g/mol. The van der Waals surface area contributed by atoms with Crippen LogP contribution < -0.4 is 11.1 Å². The van der Waals surface area contributed by atoms with Crippen LogP contribution in [0.1, 0.15) is 25.4 Å². The van der Waals surface area contributed by atoms with Crippen molar-refractivity contribution in [1.29, 1.82) is 0 Å². The zero-order valence-corrected chi connectivity index (χ0v) is 9.41. The number of carbonyl (C=O) groups excluding carboxylic acids is 1. The molecule has 1 unspecified atom stereocenters. The molecule has 0 bridgehead atoms. The van der Waals surface area contributed by atoms with Crippen molar-refractivity contribution in [2.24, 2.45) is 11.7 Å². The lowest BCUT2D eigenvalue weighted by Gasteiger charge is -2.17. The number of nitrogens with one attached hydrogen (secondary N) is 1. The molecule has 0 aromatic carbocycles. The van der Waals surface area contributed by atoms with Gasteiger partial charge in [-0.3, -0.25) is 10.1 Å². The predicted molar refractivity (Wildman–Crippen MR) is 58.1 cm³/mol. The third kappa shape index (κ3) is 3.40. The van der Waals surface area contributed by atoms with Crippen molar-refractivity contribution >= 4 is 5.91 Å². The quantitative estimate of drug-likeness (QED) is 0.767. The van der Waals surface area contributed by atoms with E-state index < -0.39 is 0 Å². The fourth-order valence-electron chi connectivity index (χ4n) is 1.46. The van der Waals surface area contributed by atoms with Gasteiger partial charge in [0.05, 0.1) is 12.6 Å². The molecule has 0 radical (unpaired) electrons. The Morgan fingerprint density at radius 2 is 2.20 bits per heavy atom. The molecule has 1 aromatic heterocycles. The zero-order chi connectivity index (χ0) is 11.4. The number of amides is 1. The minimum atomic E-state index is -0.326. The molecule has 0 aliphatic rings. The maximum absolute atomic E-state index is 11.1. The summed E-state index contributed by atoms with van der Waals surface area (Å²) in [5.74, 6) is 1.54. The average Bonchev–Trinajstić information content (AvgIpc) is 2.50. The number of hydrogen-bond donors (Lipinski definition) is 2. The van der Waals surface area contributed by atoms with Crippen LogP contribution in [0.3, 0.4) is 0 Å². The minimum Gasteiger partial charge on any atom is -0.465 e. The molecule has 4 nitrogen and oxygen atoms in total. The summed E-state index contributed by atoms with van der Waals surface area (Å²) in [5, 5.41) is 3.08. The number of furan rings is 1. The topological polar surface area (TPSA) is 68.3 Å². The van der Waals surface area contributed by atoms with Gasteiger partial charge in [-0.05, 0) is 25.0 Å². The van der Waals surface area contributed by atoms with Crippen LogP contribution in [0.2, 0.25) is 0 Å². The lowest BCUT2D eigenvalue weighted by molar-refractivity contribution is -0.121. The molecule has 0 fully saturated rings. The van der Waals surface area contributed by atoms with Crippen LogP contribution in [0, 0.1) is 12.8 Å². The van der Waals surface area contributed by atoms with Gasteiger partial charge in [0.25, 0.3) is 0 Å². The van der Waals surface area contributed by atoms with Gasteiger partial charge in [-0.2, -0.15) is 0 Å². The van der Waals surface area contributed by atoms with Crippen molar-refractivity contribution in [2.75, 3.05) is 0 Å². The third-order valence-electron chi connectivity index (χ3n) is 2.27. The zero-order valence-electron chi connectivity index (χ0n) is 9.41. The normalized spacial score (nSPS) is 13.1. The molecule has 0 aliphatic carbocycles. The Bertz CT molecular complexity index is 331. The molecule has 3 N–H and O–H groups in total. The monoisotopic (exact) mass is 210 g/mol. The summed E-state index contributed by atoms with van der Waals surface area (Å²) < 4.78 is 5.38. The molecule has 0 saturated carbocycles. The summed E-state index contributed by atoms with van der Waals surface area (Å²) in [5.41, 5.74) is 5.27. The molecule has 84 valence electrons. The van der Waals surface area contributed by atoms with Gasteiger partial charge in [-0.15, -0.1) is 0 Å². The van der Waals surface area contributed by atoms with Gasteiger partial charge in [0.2, 0.25) is 5.91 Å². The fourth-order valence-corrected chi connectivity index (χ4v) is 1.46. The Hall–Kier alpha value is -1.29. The summed E-state index contributed by atoms with van der Waals surface area (Å²) >= 11 is 0. The van der Waals surface area contributed by atoms with Gasteiger partial charge in [-0.1, -0.05) is 13.8 Å². The summed E-state index contributed by atoms with van der Waals surface area (Å²) in [7, 11) is 0. The van der Waals surface area contributed by atoms with Crippen molar-refractivity contribution < 1.29 is 9.21 Å². The largest absolute Gasteiger partial charge is 0.465 e. The SMILES string of the molecule is Cc1ccc(CNC(C(N)=O)C(C)C)o1. The first kappa shape index (κ1) is 11.8. The first-order valence-corrected chi connectivity index (χ1v) is 5.08. The average molecular weight is 210 g/mol. The van der Waals surface area contributed by atoms with Crippen molar-refractivity contribution in [3.63, 3.8) is 0 Å². The number of nitrogens with two attached hydrogens (primary N) is 1. The molecule has 4 heteroatoms. The van der Waals surface area contributed by atoms with Crippen LogP contribution in [0.5, 0.6) is 0 Å². The van der Waals surface area contributed by atoms with Crippen molar-refractivity contribution in [2.45, 2.75) is 33.4 Å². The van der Waals surface area contributed by atoms with E-state index in [0.29, 0.717) is 6.54 Å². The van der Waals surface area contributed by atoms with Crippen LogP contribution in [0.25, 0.3) is 0 Å². The highest BCUT2D eigenvalue weighted by atomic mass is 16.3. The summed E-state index contributed by atoms with van der Waals surface area (Å²) in [4.78, 5) is 11.1. The molecule has 1 atom stereocenters.